The maximum atomic E-state index is 12.8. The largest absolute Gasteiger partial charge is 0.346 e. The van der Waals surface area contributed by atoms with E-state index in [0.717, 1.165) is 47.3 Å². The number of hydrogen-bond acceptors (Lipinski definition) is 1. The third-order valence-corrected chi connectivity index (χ3v) is 9.03. The highest BCUT2D eigenvalue weighted by atomic mass is 16.1. The second kappa shape index (κ2) is 5.11. The van der Waals surface area contributed by atoms with Gasteiger partial charge in [-0.15, -0.1) is 0 Å². The fourth-order valence-corrected chi connectivity index (χ4v) is 8.32. The summed E-state index contributed by atoms with van der Waals surface area (Å²) in [6.07, 6.45) is 11.2. The summed E-state index contributed by atoms with van der Waals surface area (Å²) in [6.45, 7) is 8.28. The molecule has 6 bridgehead atoms. The molecule has 4 unspecified atom stereocenters. The molecule has 1 amide bonds. The Morgan fingerprint density at radius 1 is 0.917 bits per heavy atom. The maximum Gasteiger partial charge on any atom is 0.246 e. The molecule has 6 fully saturated rings. The summed E-state index contributed by atoms with van der Waals surface area (Å²) < 4.78 is 0. The SMILES string of the molecule is C=C(C)C(=O)NC1(C2CC3CC2CC3C)C2CC3CC(C2)CC1C3. The first-order valence-electron chi connectivity index (χ1n) is 10.4. The van der Waals surface area contributed by atoms with Crippen molar-refractivity contribution in [1.82, 2.24) is 5.32 Å². The highest BCUT2D eigenvalue weighted by Crippen LogP contribution is 2.66. The molecule has 132 valence electrons. The van der Waals surface area contributed by atoms with Crippen LogP contribution in [0.25, 0.3) is 0 Å². The van der Waals surface area contributed by atoms with Crippen LogP contribution in [0.2, 0.25) is 0 Å². The molecule has 24 heavy (non-hydrogen) atoms. The number of nitrogens with one attached hydrogen (secondary N) is 1. The Kier molecular flexibility index (Phi) is 3.29. The van der Waals surface area contributed by atoms with Gasteiger partial charge in [0.1, 0.15) is 0 Å². The third kappa shape index (κ3) is 1.98. The molecule has 1 N–H and O–H groups in total. The van der Waals surface area contributed by atoms with E-state index in [2.05, 4.69) is 18.8 Å². The molecule has 0 aromatic heterocycles. The van der Waals surface area contributed by atoms with Gasteiger partial charge in [-0.05, 0) is 106 Å². The summed E-state index contributed by atoms with van der Waals surface area (Å²) >= 11 is 0. The summed E-state index contributed by atoms with van der Waals surface area (Å²) in [5.74, 6) is 7.00. The van der Waals surface area contributed by atoms with Gasteiger partial charge in [0.2, 0.25) is 5.91 Å². The second-order valence-corrected chi connectivity index (χ2v) is 10.3. The van der Waals surface area contributed by atoms with Crippen molar-refractivity contribution in [3.8, 4) is 0 Å². The molecule has 0 saturated heterocycles. The van der Waals surface area contributed by atoms with Crippen molar-refractivity contribution < 1.29 is 4.79 Å². The predicted octanol–water partition coefficient (Wildman–Crippen LogP) is 4.56. The summed E-state index contributed by atoms with van der Waals surface area (Å²) in [6, 6.07) is 0. The van der Waals surface area contributed by atoms with Crippen LogP contribution in [0.4, 0.5) is 0 Å². The Labute approximate surface area is 146 Å². The quantitative estimate of drug-likeness (QED) is 0.757. The molecule has 0 radical (unpaired) electrons. The van der Waals surface area contributed by atoms with Crippen molar-refractivity contribution in [2.45, 2.75) is 70.8 Å². The van der Waals surface area contributed by atoms with Gasteiger partial charge in [0.05, 0.1) is 0 Å². The summed E-state index contributed by atoms with van der Waals surface area (Å²) in [4.78, 5) is 12.8. The lowest BCUT2D eigenvalue weighted by atomic mass is 9.44. The molecule has 0 aliphatic heterocycles. The Balaban J connectivity index is 1.52. The van der Waals surface area contributed by atoms with E-state index in [0.29, 0.717) is 5.57 Å². The lowest BCUT2D eigenvalue weighted by Crippen LogP contribution is -2.70. The van der Waals surface area contributed by atoms with Gasteiger partial charge in [-0.1, -0.05) is 13.5 Å². The van der Waals surface area contributed by atoms with Crippen molar-refractivity contribution in [2.24, 2.45) is 47.3 Å². The minimum Gasteiger partial charge on any atom is -0.346 e. The van der Waals surface area contributed by atoms with Gasteiger partial charge in [0.15, 0.2) is 0 Å². The average Bonchev–Trinajstić information content (AvgIpc) is 3.09. The van der Waals surface area contributed by atoms with Crippen molar-refractivity contribution in [2.75, 3.05) is 0 Å². The predicted molar refractivity (Wildman–Crippen MR) is 96.2 cm³/mol. The van der Waals surface area contributed by atoms with Gasteiger partial charge in [-0.25, -0.2) is 0 Å². The molecule has 6 rings (SSSR count). The zero-order chi connectivity index (χ0) is 16.6. The maximum absolute atomic E-state index is 12.8. The van der Waals surface area contributed by atoms with Crippen LogP contribution in [0.15, 0.2) is 12.2 Å². The van der Waals surface area contributed by atoms with Gasteiger partial charge >= 0.3 is 0 Å². The lowest BCUT2D eigenvalue weighted by Gasteiger charge is -2.64. The fraction of sp³-hybridized carbons (Fsp3) is 0.864. The molecular formula is C22H33NO. The third-order valence-electron chi connectivity index (χ3n) is 9.03. The molecule has 4 atom stereocenters. The molecular weight excluding hydrogens is 294 g/mol. The molecule has 2 nitrogen and oxygen atoms in total. The standard InChI is InChI=1S/C22H33NO/c1-12(2)21(24)23-22(20-11-16-10-17(20)4-13(16)3)18-6-14-5-15(8-18)9-19(22)7-14/h13-20H,1,4-11H2,2-3H3,(H,23,24). The van der Waals surface area contributed by atoms with Crippen molar-refractivity contribution >= 4 is 5.91 Å². The monoisotopic (exact) mass is 327 g/mol. The number of amides is 1. The van der Waals surface area contributed by atoms with E-state index in [9.17, 15) is 4.79 Å². The number of carbonyl (C=O) groups excluding carboxylic acids is 1. The van der Waals surface area contributed by atoms with Crippen molar-refractivity contribution in [3.05, 3.63) is 12.2 Å². The first kappa shape index (κ1) is 15.5. The van der Waals surface area contributed by atoms with Crippen LogP contribution in [0.3, 0.4) is 0 Å². The first-order chi connectivity index (χ1) is 11.5. The van der Waals surface area contributed by atoms with Crippen LogP contribution >= 0.6 is 0 Å². The Bertz CT molecular complexity index is 549. The van der Waals surface area contributed by atoms with Crippen LogP contribution < -0.4 is 5.32 Å². The van der Waals surface area contributed by atoms with E-state index < -0.39 is 0 Å². The van der Waals surface area contributed by atoms with Crippen LogP contribution in [0.5, 0.6) is 0 Å². The van der Waals surface area contributed by atoms with E-state index >= 15 is 0 Å². The van der Waals surface area contributed by atoms with Gasteiger partial charge in [0, 0.05) is 11.1 Å². The van der Waals surface area contributed by atoms with E-state index in [1.807, 2.05) is 6.92 Å². The topological polar surface area (TPSA) is 29.1 Å². The minimum atomic E-state index is 0.114. The van der Waals surface area contributed by atoms with Crippen LogP contribution in [0.1, 0.15) is 65.2 Å². The molecule has 6 saturated carbocycles. The smallest absolute Gasteiger partial charge is 0.246 e. The normalized spacial score (nSPS) is 54.2. The van der Waals surface area contributed by atoms with E-state index in [4.69, 9.17) is 0 Å². The highest BCUT2D eigenvalue weighted by molar-refractivity contribution is 5.92. The zero-order valence-corrected chi connectivity index (χ0v) is 15.4. The fourth-order valence-electron chi connectivity index (χ4n) is 8.32. The number of fused-ring (bicyclic) bond motifs is 2. The average molecular weight is 328 g/mol. The van der Waals surface area contributed by atoms with Gasteiger partial charge in [-0.2, -0.15) is 0 Å². The molecule has 0 heterocycles. The zero-order valence-electron chi connectivity index (χ0n) is 15.4. The van der Waals surface area contributed by atoms with Crippen LogP contribution in [0, 0.1) is 47.3 Å². The molecule has 6 aliphatic rings. The van der Waals surface area contributed by atoms with Crippen molar-refractivity contribution in [3.63, 3.8) is 0 Å². The molecule has 6 aliphatic carbocycles. The highest BCUT2D eigenvalue weighted by Gasteiger charge is 2.64. The number of rotatable bonds is 3. The Morgan fingerprint density at radius 3 is 2.00 bits per heavy atom. The van der Waals surface area contributed by atoms with Crippen LogP contribution in [-0.2, 0) is 4.79 Å². The molecule has 2 heteroatoms. The minimum absolute atomic E-state index is 0.114. The first-order valence-corrected chi connectivity index (χ1v) is 10.4. The Morgan fingerprint density at radius 2 is 1.54 bits per heavy atom. The van der Waals surface area contributed by atoms with E-state index in [1.165, 1.54) is 51.4 Å². The second-order valence-electron chi connectivity index (χ2n) is 10.3. The lowest BCUT2D eigenvalue weighted by molar-refractivity contribution is -0.139. The van der Waals surface area contributed by atoms with E-state index in [1.54, 1.807) is 0 Å². The van der Waals surface area contributed by atoms with Gasteiger partial charge < -0.3 is 5.32 Å². The summed E-state index contributed by atoms with van der Waals surface area (Å²) in [7, 11) is 0. The number of carbonyl (C=O) groups is 1. The van der Waals surface area contributed by atoms with Crippen molar-refractivity contribution in [1.29, 1.82) is 0 Å². The van der Waals surface area contributed by atoms with Gasteiger partial charge in [-0.3, -0.25) is 4.79 Å². The van der Waals surface area contributed by atoms with Gasteiger partial charge in [0.25, 0.3) is 0 Å². The molecule has 0 spiro atoms. The van der Waals surface area contributed by atoms with E-state index in [-0.39, 0.29) is 11.4 Å². The summed E-state index contributed by atoms with van der Waals surface area (Å²) in [5.41, 5.74) is 0.808. The molecule has 0 aromatic carbocycles. The summed E-state index contributed by atoms with van der Waals surface area (Å²) in [5, 5.41) is 3.68. The van der Waals surface area contributed by atoms with Crippen LogP contribution in [-0.4, -0.2) is 11.4 Å². The number of hydrogen-bond donors (Lipinski definition) is 1. The Hall–Kier alpha value is -0.790. The molecule has 0 aromatic rings.